The predicted molar refractivity (Wildman–Crippen MR) is 123 cm³/mol. The molecule has 5 nitrogen and oxygen atoms in total. The van der Waals surface area contributed by atoms with Crippen molar-refractivity contribution in [2.24, 2.45) is 5.16 Å². The first-order valence-corrected chi connectivity index (χ1v) is 10.8. The van der Waals surface area contributed by atoms with Gasteiger partial charge in [-0.3, -0.25) is 0 Å². The van der Waals surface area contributed by atoms with Crippen LogP contribution in [-0.2, 0) is 4.84 Å². The highest BCUT2D eigenvalue weighted by Crippen LogP contribution is 2.39. The lowest BCUT2D eigenvalue weighted by Crippen LogP contribution is -2.44. The van der Waals surface area contributed by atoms with Gasteiger partial charge >= 0.3 is 12.1 Å². The van der Waals surface area contributed by atoms with E-state index in [1.165, 1.54) is 12.1 Å². The zero-order valence-electron chi connectivity index (χ0n) is 19.9. The lowest BCUT2D eigenvalue weighted by Gasteiger charge is -2.21. The number of halogens is 5. The highest BCUT2D eigenvalue weighted by atomic mass is 19.4. The Balaban J connectivity index is 1.96. The number of rotatable bonds is 12. The minimum atomic E-state index is -5.83. The molecule has 0 atom stereocenters. The molecule has 0 spiro atoms. The van der Waals surface area contributed by atoms with E-state index >= 15 is 0 Å². The van der Waals surface area contributed by atoms with Crippen LogP contribution in [0, 0.1) is 13.8 Å². The van der Waals surface area contributed by atoms with E-state index in [4.69, 9.17) is 14.2 Å². The second kappa shape index (κ2) is 12.4. The van der Waals surface area contributed by atoms with Gasteiger partial charge in [0.05, 0.1) is 13.2 Å². The summed E-state index contributed by atoms with van der Waals surface area (Å²) in [6.07, 6.45) is -1.58. The van der Waals surface area contributed by atoms with Gasteiger partial charge in [-0.15, -0.1) is 0 Å². The van der Waals surface area contributed by atoms with Gasteiger partial charge in [-0.1, -0.05) is 29.4 Å². The number of allylic oxidation sites excluding steroid dienone is 1. The van der Waals surface area contributed by atoms with Crippen molar-refractivity contribution < 1.29 is 41.0 Å². The molecule has 0 amide bonds. The zero-order valence-corrected chi connectivity index (χ0v) is 19.9. The molecule has 0 aliphatic rings. The summed E-state index contributed by atoms with van der Waals surface area (Å²) in [7, 11) is 0.889. The van der Waals surface area contributed by atoms with Crippen LogP contribution in [0.5, 0.6) is 17.2 Å². The first-order valence-electron chi connectivity index (χ1n) is 10.8. The van der Waals surface area contributed by atoms with Crippen molar-refractivity contribution in [2.45, 2.75) is 39.3 Å². The van der Waals surface area contributed by atoms with Gasteiger partial charge in [0.2, 0.25) is 0 Å². The summed E-state index contributed by atoms with van der Waals surface area (Å²) >= 11 is 0. The molecule has 0 heterocycles. The zero-order chi connectivity index (χ0) is 26.1. The van der Waals surface area contributed by atoms with Gasteiger partial charge in [-0.05, 0) is 56.2 Å². The van der Waals surface area contributed by atoms with Crippen molar-refractivity contribution in [3.63, 3.8) is 0 Å². The van der Waals surface area contributed by atoms with Crippen molar-refractivity contribution in [3.8, 4) is 17.2 Å². The summed E-state index contributed by atoms with van der Waals surface area (Å²) in [5, 5.41) is 2.92. The molecule has 2 aromatic carbocycles. The molecule has 10 heteroatoms. The largest absolute Gasteiger partial charge is 0.493 e. The molecule has 0 saturated heterocycles. The summed E-state index contributed by atoms with van der Waals surface area (Å²) in [6.45, 7) is 6.66. The van der Waals surface area contributed by atoms with Gasteiger partial charge in [-0.2, -0.15) is 22.0 Å². The van der Waals surface area contributed by atoms with E-state index in [1.54, 1.807) is 0 Å². The van der Waals surface area contributed by atoms with E-state index in [0.717, 1.165) is 41.9 Å². The number of alkyl halides is 5. The number of hydrogen-bond donors (Lipinski definition) is 0. The van der Waals surface area contributed by atoms with E-state index in [1.807, 2.05) is 45.1 Å². The van der Waals surface area contributed by atoms with E-state index in [-0.39, 0.29) is 12.4 Å². The molecule has 0 bridgehead atoms. The van der Waals surface area contributed by atoms with Crippen LogP contribution in [0.1, 0.15) is 30.0 Å². The fraction of sp³-hybridized carbons (Fsp3) is 0.400. The molecule has 0 fully saturated rings. The molecule has 0 saturated carbocycles. The van der Waals surface area contributed by atoms with Crippen LogP contribution in [0.25, 0.3) is 0 Å². The summed E-state index contributed by atoms with van der Waals surface area (Å²) < 4.78 is 83.3. The summed E-state index contributed by atoms with van der Waals surface area (Å²) in [5.74, 6) is -3.63. The SMILES string of the molecule is C/C=C/COc1cc(C)c(OCCCOc2cccc(/C(=N/OC)C(F)(F)C(F)(F)F)c2)c(C)c1. The van der Waals surface area contributed by atoms with E-state index < -0.39 is 23.4 Å². The number of aryl methyl sites for hydroxylation is 2. The second-order valence-electron chi connectivity index (χ2n) is 7.54. The van der Waals surface area contributed by atoms with Gasteiger partial charge in [0.25, 0.3) is 0 Å². The summed E-state index contributed by atoms with van der Waals surface area (Å²) in [5.41, 5.74) is -0.203. The maximum absolute atomic E-state index is 13.9. The minimum absolute atomic E-state index is 0.110. The molecule has 0 unspecified atom stereocenters. The quantitative estimate of drug-likeness (QED) is 0.107. The van der Waals surface area contributed by atoms with Crippen LogP contribution in [0.15, 0.2) is 53.7 Å². The maximum atomic E-state index is 13.9. The lowest BCUT2D eigenvalue weighted by molar-refractivity contribution is -0.249. The molecule has 35 heavy (non-hydrogen) atoms. The van der Waals surface area contributed by atoms with Crippen LogP contribution in [0.2, 0.25) is 0 Å². The molecule has 0 aliphatic carbocycles. The Kier molecular flexibility index (Phi) is 9.91. The number of benzene rings is 2. The van der Waals surface area contributed by atoms with Crippen molar-refractivity contribution in [3.05, 3.63) is 65.2 Å². The van der Waals surface area contributed by atoms with E-state index in [2.05, 4.69) is 9.99 Å². The highest BCUT2D eigenvalue weighted by Gasteiger charge is 2.62. The first kappa shape index (κ1) is 27.9. The molecule has 2 aromatic rings. The molecule has 0 N–H and O–H groups in total. The molecule has 192 valence electrons. The number of oxime groups is 1. The van der Waals surface area contributed by atoms with Crippen LogP contribution >= 0.6 is 0 Å². The van der Waals surface area contributed by atoms with Crippen LogP contribution in [0.3, 0.4) is 0 Å². The average molecular weight is 501 g/mol. The second-order valence-corrected chi connectivity index (χ2v) is 7.54. The smallest absolute Gasteiger partial charge is 0.459 e. The van der Waals surface area contributed by atoms with Gasteiger partial charge in [0, 0.05) is 12.0 Å². The fourth-order valence-corrected chi connectivity index (χ4v) is 3.14. The van der Waals surface area contributed by atoms with Crippen molar-refractivity contribution in [1.82, 2.24) is 0 Å². The molecule has 0 radical (unpaired) electrons. The van der Waals surface area contributed by atoms with Crippen molar-refractivity contribution >= 4 is 5.71 Å². The fourth-order valence-electron chi connectivity index (χ4n) is 3.14. The Morgan fingerprint density at radius 2 is 1.57 bits per heavy atom. The average Bonchev–Trinajstić information content (AvgIpc) is 2.78. The molecule has 2 rings (SSSR count). The van der Waals surface area contributed by atoms with Crippen LogP contribution in [-0.4, -0.2) is 44.7 Å². The summed E-state index contributed by atoms with van der Waals surface area (Å²) in [4.78, 5) is 4.23. The normalized spacial score (nSPS) is 12.7. The monoisotopic (exact) mass is 501 g/mol. The Bertz CT molecular complexity index is 1010. The first-order chi connectivity index (χ1) is 16.5. The van der Waals surface area contributed by atoms with Gasteiger partial charge < -0.3 is 19.0 Å². The summed E-state index contributed by atoms with van der Waals surface area (Å²) in [6, 6.07) is 8.63. The maximum Gasteiger partial charge on any atom is 0.459 e. The number of ether oxygens (including phenoxy) is 3. The number of hydrogen-bond acceptors (Lipinski definition) is 5. The van der Waals surface area contributed by atoms with Crippen LogP contribution < -0.4 is 14.2 Å². The highest BCUT2D eigenvalue weighted by molar-refractivity contribution is 6.06. The van der Waals surface area contributed by atoms with E-state index in [9.17, 15) is 22.0 Å². The molecular formula is C25H28F5NO4. The molecular weight excluding hydrogens is 473 g/mol. The van der Waals surface area contributed by atoms with Gasteiger partial charge in [0.15, 0.2) is 5.71 Å². The van der Waals surface area contributed by atoms with Crippen LogP contribution in [0.4, 0.5) is 22.0 Å². The van der Waals surface area contributed by atoms with Gasteiger partial charge in [-0.25, -0.2) is 0 Å². The minimum Gasteiger partial charge on any atom is -0.493 e. The third kappa shape index (κ3) is 7.60. The number of nitrogens with zero attached hydrogens (tertiary/aromatic N) is 1. The third-order valence-corrected chi connectivity index (χ3v) is 4.76. The molecule has 0 aromatic heterocycles. The Hall–Kier alpha value is -3.30. The van der Waals surface area contributed by atoms with Crippen molar-refractivity contribution in [1.29, 1.82) is 0 Å². The predicted octanol–water partition coefficient (Wildman–Crippen LogP) is 6.65. The molecule has 0 aliphatic heterocycles. The topological polar surface area (TPSA) is 49.3 Å². The standard InChI is InChI=1S/C25H28F5NO4/c1-5-6-11-34-21-14-17(2)22(18(3)15-21)35-13-8-12-33-20-10-7-9-19(16-20)23(31-32-4)24(26,27)25(28,29)30/h5-7,9-10,14-16H,8,11-13H2,1-4H3/b6-5+,31-23-. The Labute approximate surface area is 201 Å². The lowest BCUT2D eigenvalue weighted by atomic mass is 10.0. The third-order valence-electron chi connectivity index (χ3n) is 4.76. The van der Waals surface area contributed by atoms with Gasteiger partial charge in [0.1, 0.15) is 31.0 Å². The van der Waals surface area contributed by atoms with E-state index in [0.29, 0.717) is 19.6 Å². The van der Waals surface area contributed by atoms with Crippen molar-refractivity contribution in [2.75, 3.05) is 26.9 Å². The Morgan fingerprint density at radius 3 is 2.17 bits per heavy atom. The Morgan fingerprint density at radius 1 is 0.914 bits per heavy atom.